The van der Waals surface area contributed by atoms with Crippen LogP contribution < -0.4 is 5.56 Å². The van der Waals surface area contributed by atoms with E-state index < -0.39 is 0 Å². The molecule has 0 unspecified atom stereocenters. The lowest BCUT2D eigenvalue weighted by Crippen LogP contribution is -2.24. The lowest BCUT2D eigenvalue weighted by molar-refractivity contribution is 0.683. The zero-order chi connectivity index (χ0) is 15.9. The molecule has 2 heterocycles. The molecule has 0 fully saturated rings. The molecule has 0 bridgehead atoms. The first-order valence-electron chi connectivity index (χ1n) is 6.72. The van der Waals surface area contributed by atoms with Crippen LogP contribution in [0.25, 0.3) is 11.0 Å². The zero-order valence-corrected chi connectivity index (χ0v) is 12.9. The first kappa shape index (κ1) is 14.4. The highest BCUT2D eigenvalue weighted by Gasteiger charge is 2.11. The molecule has 3 aromatic rings. The fourth-order valence-electron chi connectivity index (χ4n) is 2.44. The van der Waals surface area contributed by atoms with Gasteiger partial charge < -0.3 is 9.13 Å². The number of halogens is 1. The summed E-state index contributed by atoms with van der Waals surface area (Å²) in [5.74, 6) is 0.729. The lowest BCUT2D eigenvalue weighted by atomic mass is 10.2. The second kappa shape index (κ2) is 5.32. The van der Waals surface area contributed by atoms with Gasteiger partial charge in [-0.1, -0.05) is 11.6 Å². The third kappa shape index (κ3) is 2.28. The van der Waals surface area contributed by atoms with Crippen molar-refractivity contribution >= 4 is 22.6 Å². The molecular weight excluding hydrogens is 300 g/mol. The number of aromatic nitrogens is 3. The topological polar surface area (TPSA) is 63.6 Å². The van der Waals surface area contributed by atoms with Crippen LogP contribution >= 0.6 is 11.6 Å². The minimum absolute atomic E-state index is 0.171. The smallest absolute Gasteiger partial charge is 0.269 e. The number of fused-ring (bicyclic) bond motifs is 1. The van der Waals surface area contributed by atoms with Gasteiger partial charge in [0, 0.05) is 18.3 Å². The van der Waals surface area contributed by atoms with Crippen molar-refractivity contribution in [2.45, 2.75) is 13.5 Å². The van der Waals surface area contributed by atoms with E-state index in [4.69, 9.17) is 16.9 Å². The molecule has 0 saturated heterocycles. The van der Waals surface area contributed by atoms with Crippen LogP contribution in [-0.4, -0.2) is 14.1 Å². The summed E-state index contributed by atoms with van der Waals surface area (Å²) < 4.78 is 3.42. The maximum absolute atomic E-state index is 12.3. The largest absolute Gasteiger partial charge is 0.330 e. The highest BCUT2D eigenvalue weighted by molar-refractivity contribution is 6.31. The van der Waals surface area contributed by atoms with Gasteiger partial charge in [-0.15, -0.1) is 0 Å². The van der Waals surface area contributed by atoms with E-state index in [1.54, 1.807) is 31.3 Å². The van der Waals surface area contributed by atoms with Crippen LogP contribution in [0, 0.1) is 18.3 Å². The summed E-state index contributed by atoms with van der Waals surface area (Å²) >= 11 is 5.98. The van der Waals surface area contributed by atoms with Crippen molar-refractivity contribution in [3.05, 3.63) is 62.8 Å². The summed E-state index contributed by atoms with van der Waals surface area (Å²) in [7, 11) is 1.89. The molecule has 3 rings (SSSR count). The van der Waals surface area contributed by atoms with Gasteiger partial charge in [0.05, 0.1) is 17.6 Å². The Morgan fingerprint density at radius 3 is 2.86 bits per heavy atom. The van der Waals surface area contributed by atoms with Crippen molar-refractivity contribution in [3.8, 4) is 6.07 Å². The van der Waals surface area contributed by atoms with Crippen molar-refractivity contribution in [1.82, 2.24) is 14.1 Å². The summed E-state index contributed by atoms with van der Waals surface area (Å²) in [5, 5.41) is 9.71. The van der Waals surface area contributed by atoms with Crippen LogP contribution in [0.2, 0.25) is 5.02 Å². The third-order valence-corrected chi connectivity index (χ3v) is 3.97. The van der Waals surface area contributed by atoms with Gasteiger partial charge in [-0.2, -0.15) is 5.26 Å². The monoisotopic (exact) mass is 312 g/mol. The van der Waals surface area contributed by atoms with Gasteiger partial charge >= 0.3 is 0 Å². The molecule has 0 radical (unpaired) electrons. The molecule has 0 spiro atoms. The van der Waals surface area contributed by atoms with Gasteiger partial charge in [-0.25, -0.2) is 4.98 Å². The van der Waals surface area contributed by atoms with E-state index in [-0.39, 0.29) is 11.1 Å². The summed E-state index contributed by atoms with van der Waals surface area (Å²) in [4.78, 5) is 16.8. The van der Waals surface area contributed by atoms with Gasteiger partial charge in [-0.05, 0) is 36.8 Å². The van der Waals surface area contributed by atoms with Gasteiger partial charge in [0.15, 0.2) is 0 Å². The minimum Gasteiger partial charge on any atom is -0.330 e. The van der Waals surface area contributed by atoms with E-state index in [9.17, 15) is 4.79 Å². The lowest BCUT2D eigenvalue weighted by Gasteiger charge is -2.07. The predicted molar refractivity (Wildman–Crippen MR) is 85.0 cm³/mol. The van der Waals surface area contributed by atoms with Gasteiger partial charge in [-0.3, -0.25) is 4.79 Å². The molecule has 0 amide bonds. The molecular formula is C16H13ClN4O. The average Bonchev–Trinajstić information content (AvgIpc) is 2.78. The fourth-order valence-corrected chi connectivity index (χ4v) is 2.61. The minimum atomic E-state index is -0.299. The Bertz CT molecular complexity index is 978. The quantitative estimate of drug-likeness (QED) is 0.730. The second-order valence-electron chi connectivity index (χ2n) is 5.14. The average molecular weight is 313 g/mol. The molecule has 5 nitrogen and oxygen atoms in total. The van der Waals surface area contributed by atoms with Crippen molar-refractivity contribution < 1.29 is 0 Å². The van der Waals surface area contributed by atoms with Crippen molar-refractivity contribution in [3.63, 3.8) is 0 Å². The molecule has 110 valence electrons. The number of nitrogens with zero attached hydrogens (tertiary/aromatic N) is 4. The number of hydrogen-bond acceptors (Lipinski definition) is 3. The van der Waals surface area contributed by atoms with Crippen LogP contribution in [0.15, 0.2) is 35.3 Å². The number of aryl methyl sites for hydroxylation is 2. The molecule has 0 atom stereocenters. The van der Waals surface area contributed by atoms with E-state index in [1.165, 1.54) is 4.57 Å². The number of nitriles is 1. The summed E-state index contributed by atoms with van der Waals surface area (Å²) in [5.41, 5.74) is 2.28. The Morgan fingerprint density at radius 2 is 2.14 bits per heavy atom. The fraction of sp³-hybridized carbons (Fsp3) is 0.188. The van der Waals surface area contributed by atoms with Crippen LogP contribution in [0.3, 0.4) is 0 Å². The summed E-state index contributed by atoms with van der Waals surface area (Å²) in [6, 6.07) is 9.22. The van der Waals surface area contributed by atoms with Crippen molar-refractivity contribution in [1.29, 1.82) is 5.26 Å². The van der Waals surface area contributed by atoms with Gasteiger partial charge in [0.2, 0.25) is 0 Å². The Hall–Kier alpha value is -2.58. The number of imidazole rings is 1. The van der Waals surface area contributed by atoms with E-state index in [0.717, 1.165) is 16.9 Å². The third-order valence-electron chi connectivity index (χ3n) is 3.73. The number of pyridine rings is 1. The molecule has 6 heteroatoms. The number of rotatable bonds is 2. The SMILES string of the molecule is Cc1ccn(Cc2nc3cc(Cl)ccc3n2C)c(=O)c1C#N. The normalized spacial score (nSPS) is 10.8. The maximum Gasteiger partial charge on any atom is 0.269 e. The highest BCUT2D eigenvalue weighted by Crippen LogP contribution is 2.19. The molecule has 0 N–H and O–H groups in total. The highest BCUT2D eigenvalue weighted by atomic mass is 35.5. The van der Waals surface area contributed by atoms with E-state index in [0.29, 0.717) is 17.1 Å². The molecule has 0 aliphatic carbocycles. The van der Waals surface area contributed by atoms with Gasteiger partial charge in [0.25, 0.3) is 5.56 Å². The van der Waals surface area contributed by atoms with Crippen LogP contribution in [0.5, 0.6) is 0 Å². The Balaban J connectivity index is 2.10. The Morgan fingerprint density at radius 1 is 1.36 bits per heavy atom. The van der Waals surface area contributed by atoms with E-state index in [2.05, 4.69) is 4.98 Å². The Labute approximate surface area is 132 Å². The molecule has 0 aliphatic heterocycles. The molecule has 22 heavy (non-hydrogen) atoms. The van der Waals surface area contributed by atoms with Crippen LogP contribution in [-0.2, 0) is 13.6 Å². The van der Waals surface area contributed by atoms with Crippen molar-refractivity contribution in [2.24, 2.45) is 7.05 Å². The molecule has 0 aliphatic rings. The standard InChI is InChI=1S/C16H13ClN4O/c1-10-5-6-21(16(22)12(10)8-18)9-15-19-13-7-11(17)3-4-14(13)20(15)2/h3-7H,9H2,1-2H3. The van der Waals surface area contributed by atoms with E-state index in [1.807, 2.05) is 23.8 Å². The second-order valence-corrected chi connectivity index (χ2v) is 5.58. The summed E-state index contributed by atoms with van der Waals surface area (Å²) in [6.07, 6.45) is 1.69. The van der Waals surface area contributed by atoms with E-state index >= 15 is 0 Å². The summed E-state index contributed by atoms with van der Waals surface area (Å²) in [6.45, 7) is 2.05. The van der Waals surface area contributed by atoms with Crippen molar-refractivity contribution in [2.75, 3.05) is 0 Å². The van der Waals surface area contributed by atoms with Crippen LogP contribution in [0.1, 0.15) is 17.0 Å². The zero-order valence-electron chi connectivity index (χ0n) is 12.2. The van der Waals surface area contributed by atoms with Gasteiger partial charge in [0.1, 0.15) is 17.5 Å². The number of hydrogen-bond donors (Lipinski definition) is 0. The first-order chi connectivity index (χ1) is 10.5. The maximum atomic E-state index is 12.3. The molecule has 0 saturated carbocycles. The number of benzene rings is 1. The Kier molecular flexibility index (Phi) is 3.47. The first-order valence-corrected chi connectivity index (χ1v) is 7.10. The van der Waals surface area contributed by atoms with Crippen LogP contribution in [0.4, 0.5) is 0 Å². The molecule has 2 aromatic heterocycles. The molecule has 1 aromatic carbocycles. The predicted octanol–water partition coefficient (Wildman–Crippen LogP) is 2.62.